The number of nitro benzene ring substituents is 1. The van der Waals surface area contributed by atoms with Crippen LogP contribution in [0, 0.1) is 10.1 Å². The van der Waals surface area contributed by atoms with Crippen molar-refractivity contribution in [2.24, 2.45) is 0 Å². The van der Waals surface area contributed by atoms with Crippen LogP contribution in [-0.4, -0.2) is 41.4 Å². The SMILES string of the molecule is CC(c1cccc([N+](=O)[O-])c1)N(C)C(=O)CCCNC(=O)NC1CCCCC1. The lowest BCUT2D eigenvalue weighted by Crippen LogP contribution is -2.43. The number of non-ortho nitro benzene ring substituents is 1. The lowest BCUT2D eigenvalue weighted by atomic mass is 9.96. The maximum Gasteiger partial charge on any atom is 0.315 e. The van der Waals surface area contributed by atoms with Crippen molar-refractivity contribution in [3.8, 4) is 0 Å². The average Bonchev–Trinajstić information content (AvgIpc) is 2.70. The van der Waals surface area contributed by atoms with E-state index in [2.05, 4.69) is 10.6 Å². The first-order valence-electron chi connectivity index (χ1n) is 9.93. The fourth-order valence-corrected chi connectivity index (χ4v) is 3.44. The number of carbonyl (C=O) groups is 2. The van der Waals surface area contributed by atoms with Gasteiger partial charge in [-0.25, -0.2) is 4.79 Å². The number of nitrogens with one attached hydrogen (secondary N) is 2. The van der Waals surface area contributed by atoms with Crippen LogP contribution in [-0.2, 0) is 4.79 Å². The summed E-state index contributed by atoms with van der Waals surface area (Å²) in [6.45, 7) is 2.27. The van der Waals surface area contributed by atoms with Crippen LogP contribution in [0.25, 0.3) is 0 Å². The molecule has 0 radical (unpaired) electrons. The van der Waals surface area contributed by atoms with Crippen LogP contribution < -0.4 is 10.6 Å². The van der Waals surface area contributed by atoms with Crippen LogP contribution in [0.1, 0.15) is 63.5 Å². The molecule has 3 amide bonds. The summed E-state index contributed by atoms with van der Waals surface area (Å²) in [5.41, 5.74) is 0.730. The van der Waals surface area contributed by atoms with Crippen LogP contribution in [0.4, 0.5) is 10.5 Å². The zero-order chi connectivity index (χ0) is 20.5. The Labute approximate surface area is 165 Å². The normalized spacial score (nSPS) is 15.5. The Morgan fingerprint density at radius 2 is 2.00 bits per heavy atom. The zero-order valence-corrected chi connectivity index (χ0v) is 16.6. The molecule has 8 nitrogen and oxygen atoms in total. The molecule has 1 aliphatic rings. The van der Waals surface area contributed by atoms with Crippen molar-refractivity contribution in [3.63, 3.8) is 0 Å². The first-order valence-corrected chi connectivity index (χ1v) is 9.93. The molecule has 1 saturated carbocycles. The van der Waals surface area contributed by atoms with Crippen LogP contribution in [0.5, 0.6) is 0 Å². The molecule has 0 spiro atoms. The van der Waals surface area contributed by atoms with E-state index in [1.54, 1.807) is 24.1 Å². The summed E-state index contributed by atoms with van der Waals surface area (Å²) in [5.74, 6) is -0.0616. The summed E-state index contributed by atoms with van der Waals surface area (Å²) in [6.07, 6.45) is 6.48. The summed E-state index contributed by atoms with van der Waals surface area (Å²) in [4.78, 5) is 36.4. The van der Waals surface area contributed by atoms with E-state index in [9.17, 15) is 19.7 Å². The summed E-state index contributed by atoms with van der Waals surface area (Å²) >= 11 is 0. The molecule has 0 aromatic heterocycles. The molecular weight excluding hydrogens is 360 g/mol. The summed E-state index contributed by atoms with van der Waals surface area (Å²) < 4.78 is 0. The lowest BCUT2D eigenvalue weighted by Gasteiger charge is -2.25. The zero-order valence-electron chi connectivity index (χ0n) is 16.6. The number of urea groups is 1. The number of hydrogen-bond acceptors (Lipinski definition) is 4. The Balaban J connectivity index is 1.72. The van der Waals surface area contributed by atoms with Gasteiger partial charge in [-0.3, -0.25) is 14.9 Å². The standard InChI is InChI=1S/C20H30N4O4/c1-15(16-8-6-11-18(14-16)24(27)28)23(2)19(25)12-7-13-21-20(26)22-17-9-4-3-5-10-17/h6,8,11,14-15,17H,3-5,7,9-10,12-13H2,1-2H3,(H2,21,22,26). The van der Waals surface area contributed by atoms with Crippen LogP contribution in [0.2, 0.25) is 0 Å². The molecule has 1 aromatic rings. The fraction of sp³-hybridized carbons (Fsp3) is 0.600. The van der Waals surface area contributed by atoms with E-state index in [1.165, 1.54) is 18.6 Å². The number of benzene rings is 1. The number of nitro groups is 1. The van der Waals surface area contributed by atoms with Gasteiger partial charge in [-0.1, -0.05) is 31.4 Å². The molecule has 1 fully saturated rings. The van der Waals surface area contributed by atoms with Gasteiger partial charge in [0, 0.05) is 38.2 Å². The highest BCUT2D eigenvalue weighted by Gasteiger charge is 2.19. The second kappa shape index (κ2) is 10.6. The van der Waals surface area contributed by atoms with Crippen molar-refractivity contribution >= 4 is 17.6 Å². The number of hydrogen-bond donors (Lipinski definition) is 2. The Morgan fingerprint density at radius 1 is 1.29 bits per heavy atom. The Hall–Kier alpha value is -2.64. The number of amides is 3. The monoisotopic (exact) mass is 390 g/mol. The van der Waals surface area contributed by atoms with E-state index in [0.717, 1.165) is 31.2 Å². The molecular formula is C20H30N4O4. The van der Waals surface area contributed by atoms with E-state index in [0.29, 0.717) is 19.4 Å². The highest BCUT2D eigenvalue weighted by atomic mass is 16.6. The minimum absolute atomic E-state index is 0.0124. The molecule has 1 aliphatic carbocycles. The van der Waals surface area contributed by atoms with Crippen LogP contribution >= 0.6 is 0 Å². The van der Waals surface area contributed by atoms with Crippen molar-refractivity contribution in [2.75, 3.05) is 13.6 Å². The molecule has 0 heterocycles. The molecule has 1 atom stereocenters. The second-order valence-electron chi connectivity index (χ2n) is 7.37. The van der Waals surface area contributed by atoms with Crippen LogP contribution in [0.3, 0.4) is 0 Å². The molecule has 8 heteroatoms. The molecule has 28 heavy (non-hydrogen) atoms. The number of nitrogens with zero attached hydrogens (tertiary/aromatic N) is 2. The Kier molecular flexibility index (Phi) is 8.22. The lowest BCUT2D eigenvalue weighted by molar-refractivity contribution is -0.384. The topological polar surface area (TPSA) is 105 Å². The maximum absolute atomic E-state index is 12.4. The van der Waals surface area contributed by atoms with E-state index in [1.807, 2.05) is 6.92 Å². The minimum atomic E-state index is -0.442. The second-order valence-corrected chi connectivity index (χ2v) is 7.37. The minimum Gasteiger partial charge on any atom is -0.339 e. The maximum atomic E-state index is 12.4. The number of rotatable bonds is 8. The highest BCUT2D eigenvalue weighted by molar-refractivity contribution is 5.77. The summed E-state index contributed by atoms with van der Waals surface area (Å²) in [7, 11) is 1.69. The van der Waals surface area contributed by atoms with Gasteiger partial charge in [0.25, 0.3) is 5.69 Å². The predicted octanol–water partition coefficient (Wildman–Crippen LogP) is 3.53. The van der Waals surface area contributed by atoms with Gasteiger partial charge >= 0.3 is 6.03 Å². The summed E-state index contributed by atoms with van der Waals surface area (Å²) in [5, 5.41) is 16.7. The van der Waals surface area contributed by atoms with E-state index in [-0.39, 0.29) is 29.7 Å². The average molecular weight is 390 g/mol. The first-order chi connectivity index (χ1) is 13.4. The van der Waals surface area contributed by atoms with Crippen molar-refractivity contribution < 1.29 is 14.5 Å². The molecule has 1 aromatic carbocycles. The molecule has 0 aliphatic heterocycles. The molecule has 2 rings (SSSR count). The van der Waals surface area contributed by atoms with Gasteiger partial charge in [-0.15, -0.1) is 0 Å². The summed E-state index contributed by atoms with van der Waals surface area (Å²) in [6, 6.07) is 6.15. The molecule has 2 N–H and O–H groups in total. The third-order valence-corrected chi connectivity index (χ3v) is 5.33. The van der Waals surface area contributed by atoms with Crippen molar-refractivity contribution in [2.45, 2.75) is 64.0 Å². The van der Waals surface area contributed by atoms with Gasteiger partial charge in [0.15, 0.2) is 0 Å². The van der Waals surface area contributed by atoms with Crippen molar-refractivity contribution in [1.82, 2.24) is 15.5 Å². The quantitative estimate of drug-likeness (QED) is 0.402. The van der Waals surface area contributed by atoms with Crippen molar-refractivity contribution in [1.29, 1.82) is 0 Å². The van der Waals surface area contributed by atoms with Gasteiger partial charge in [0.2, 0.25) is 5.91 Å². The largest absolute Gasteiger partial charge is 0.339 e. The Bertz CT molecular complexity index is 689. The smallest absolute Gasteiger partial charge is 0.315 e. The molecule has 0 bridgehead atoms. The van der Waals surface area contributed by atoms with Gasteiger partial charge in [-0.2, -0.15) is 0 Å². The molecule has 1 unspecified atom stereocenters. The highest BCUT2D eigenvalue weighted by Crippen LogP contribution is 2.23. The van der Waals surface area contributed by atoms with E-state index >= 15 is 0 Å². The van der Waals surface area contributed by atoms with Crippen molar-refractivity contribution in [3.05, 3.63) is 39.9 Å². The third-order valence-electron chi connectivity index (χ3n) is 5.33. The van der Waals surface area contributed by atoms with Crippen LogP contribution in [0.15, 0.2) is 24.3 Å². The van der Waals surface area contributed by atoms with Gasteiger partial charge < -0.3 is 15.5 Å². The fourth-order valence-electron chi connectivity index (χ4n) is 3.44. The van der Waals surface area contributed by atoms with Gasteiger partial charge in [0.05, 0.1) is 11.0 Å². The Morgan fingerprint density at radius 3 is 2.68 bits per heavy atom. The number of carbonyl (C=O) groups excluding carboxylic acids is 2. The predicted molar refractivity (Wildman–Crippen MR) is 107 cm³/mol. The molecule has 0 saturated heterocycles. The van der Waals surface area contributed by atoms with Gasteiger partial charge in [0.1, 0.15) is 0 Å². The van der Waals surface area contributed by atoms with Gasteiger partial charge in [-0.05, 0) is 31.7 Å². The molecule has 154 valence electrons. The van der Waals surface area contributed by atoms with E-state index in [4.69, 9.17) is 0 Å². The first kappa shape index (κ1) is 21.7. The third kappa shape index (κ3) is 6.51. The van der Waals surface area contributed by atoms with E-state index < -0.39 is 4.92 Å².